The summed E-state index contributed by atoms with van der Waals surface area (Å²) >= 11 is 0. The number of hydrogen-bond donors (Lipinski definition) is 4. The van der Waals surface area contributed by atoms with Gasteiger partial charge in [0.05, 0.1) is 17.8 Å². The average Bonchev–Trinajstić information content (AvgIpc) is 2.58. The SMILES string of the molecule is CC[NH+](CC(=O)NC(=O)NCC(C)C)CC(=O)Nc1ccccc1C(F)(F)F. The first kappa shape index (κ1) is 23.4. The monoisotopic (exact) mass is 403 g/mol. The van der Waals surface area contributed by atoms with E-state index in [0.717, 1.165) is 12.1 Å². The second-order valence-corrected chi connectivity index (χ2v) is 6.70. The molecule has 28 heavy (non-hydrogen) atoms. The minimum absolute atomic E-state index is 0.167. The summed E-state index contributed by atoms with van der Waals surface area (Å²) < 4.78 is 39.0. The van der Waals surface area contributed by atoms with Crippen LogP contribution in [0.4, 0.5) is 23.7 Å². The topological polar surface area (TPSA) is 91.7 Å². The van der Waals surface area contributed by atoms with Gasteiger partial charge in [-0.15, -0.1) is 0 Å². The number of hydrogen-bond acceptors (Lipinski definition) is 3. The van der Waals surface area contributed by atoms with E-state index < -0.39 is 29.6 Å². The number of carbonyl (C=O) groups excluding carboxylic acids is 3. The number of rotatable bonds is 8. The molecule has 4 amide bonds. The van der Waals surface area contributed by atoms with Gasteiger partial charge in [0.2, 0.25) is 0 Å². The summed E-state index contributed by atoms with van der Waals surface area (Å²) in [6, 6.07) is 4.04. The molecule has 0 saturated heterocycles. The standard InChI is InChI=1S/C18H25F3N4O3/c1-4-25(11-16(27)24-17(28)22-9-12(2)3)10-15(26)23-14-8-6-5-7-13(14)18(19,20)21/h5-8,12H,4,9-11H2,1-3H3,(H,23,26)(H2,22,24,27,28)/p+1. The van der Waals surface area contributed by atoms with Gasteiger partial charge in [0, 0.05) is 6.54 Å². The molecule has 1 aromatic rings. The Morgan fingerprint density at radius 3 is 2.25 bits per heavy atom. The van der Waals surface area contributed by atoms with Crippen LogP contribution in [0.3, 0.4) is 0 Å². The van der Waals surface area contributed by atoms with Crippen molar-refractivity contribution in [2.75, 3.05) is 31.5 Å². The normalized spacial score (nSPS) is 12.4. The number of carbonyl (C=O) groups is 3. The molecule has 10 heteroatoms. The van der Waals surface area contributed by atoms with Crippen molar-refractivity contribution in [1.29, 1.82) is 0 Å². The molecule has 1 rings (SSSR count). The van der Waals surface area contributed by atoms with Crippen molar-refractivity contribution >= 4 is 23.5 Å². The van der Waals surface area contributed by atoms with E-state index in [0.29, 0.717) is 18.0 Å². The van der Waals surface area contributed by atoms with Crippen molar-refractivity contribution in [1.82, 2.24) is 10.6 Å². The first-order valence-corrected chi connectivity index (χ1v) is 8.90. The molecule has 156 valence electrons. The van der Waals surface area contributed by atoms with Crippen LogP contribution in [0.2, 0.25) is 0 Å². The molecule has 0 fully saturated rings. The molecule has 0 aliphatic rings. The number of benzene rings is 1. The van der Waals surface area contributed by atoms with E-state index in [4.69, 9.17) is 0 Å². The Kier molecular flexibility index (Phi) is 8.90. The van der Waals surface area contributed by atoms with Crippen LogP contribution < -0.4 is 20.9 Å². The molecule has 4 N–H and O–H groups in total. The summed E-state index contributed by atoms with van der Waals surface area (Å²) in [5, 5.41) is 6.93. The van der Waals surface area contributed by atoms with Crippen LogP contribution in [0.25, 0.3) is 0 Å². The van der Waals surface area contributed by atoms with Crippen molar-refractivity contribution in [2.24, 2.45) is 5.92 Å². The fourth-order valence-electron chi connectivity index (χ4n) is 2.31. The Morgan fingerprint density at radius 1 is 1.07 bits per heavy atom. The molecule has 0 spiro atoms. The predicted molar refractivity (Wildman–Crippen MR) is 97.7 cm³/mol. The number of urea groups is 1. The van der Waals surface area contributed by atoms with Crippen molar-refractivity contribution < 1.29 is 32.5 Å². The van der Waals surface area contributed by atoms with E-state index >= 15 is 0 Å². The van der Waals surface area contributed by atoms with Gasteiger partial charge in [-0.1, -0.05) is 26.0 Å². The van der Waals surface area contributed by atoms with E-state index in [-0.39, 0.29) is 24.7 Å². The lowest BCUT2D eigenvalue weighted by molar-refractivity contribution is -0.881. The third-order valence-electron chi connectivity index (χ3n) is 3.75. The van der Waals surface area contributed by atoms with Gasteiger partial charge in [-0.25, -0.2) is 4.79 Å². The fourth-order valence-corrected chi connectivity index (χ4v) is 2.31. The molecular weight excluding hydrogens is 377 g/mol. The molecular formula is C18H26F3N4O3+. The maximum absolute atomic E-state index is 13.0. The van der Waals surface area contributed by atoms with Crippen molar-refractivity contribution in [3.05, 3.63) is 29.8 Å². The van der Waals surface area contributed by atoms with Crippen LogP contribution in [0.5, 0.6) is 0 Å². The Hall–Kier alpha value is -2.62. The molecule has 1 unspecified atom stereocenters. The number of likely N-dealkylation sites (N-methyl/N-ethyl adjacent to an activating group) is 1. The van der Waals surface area contributed by atoms with Gasteiger partial charge in [-0.05, 0) is 25.0 Å². The van der Waals surface area contributed by atoms with Crippen LogP contribution in [-0.2, 0) is 15.8 Å². The van der Waals surface area contributed by atoms with Gasteiger partial charge in [0.25, 0.3) is 11.8 Å². The van der Waals surface area contributed by atoms with Gasteiger partial charge >= 0.3 is 12.2 Å². The molecule has 1 atom stereocenters. The van der Waals surface area contributed by atoms with E-state index in [1.54, 1.807) is 6.92 Å². The van der Waals surface area contributed by atoms with Crippen LogP contribution in [0.15, 0.2) is 24.3 Å². The summed E-state index contributed by atoms with van der Waals surface area (Å²) in [6.45, 7) is 5.92. The first-order chi connectivity index (χ1) is 13.0. The van der Waals surface area contributed by atoms with Crippen LogP contribution in [0.1, 0.15) is 26.3 Å². The molecule has 0 aliphatic carbocycles. The molecule has 0 aliphatic heterocycles. The predicted octanol–water partition coefficient (Wildman–Crippen LogP) is 1.03. The minimum Gasteiger partial charge on any atom is -0.338 e. The van der Waals surface area contributed by atoms with Crippen LogP contribution >= 0.6 is 0 Å². The lowest BCUT2D eigenvalue weighted by Crippen LogP contribution is -3.14. The number of para-hydroxylation sites is 1. The minimum atomic E-state index is -4.59. The lowest BCUT2D eigenvalue weighted by Gasteiger charge is -2.18. The molecule has 1 aromatic carbocycles. The van der Waals surface area contributed by atoms with Gasteiger partial charge in [-0.2, -0.15) is 13.2 Å². The maximum Gasteiger partial charge on any atom is 0.418 e. The fraction of sp³-hybridized carbons (Fsp3) is 0.500. The number of anilines is 1. The Morgan fingerprint density at radius 2 is 1.68 bits per heavy atom. The van der Waals surface area contributed by atoms with Crippen LogP contribution in [-0.4, -0.2) is 44.0 Å². The van der Waals surface area contributed by atoms with E-state index in [1.165, 1.54) is 12.1 Å². The molecule has 0 bridgehead atoms. The van der Waals surface area contributed by atoms with Gasteiger partial charge in [-0.3, -0.25) is 14.9 Å². The summed E-state index contributed by atoms with van der Waals surface area (Å²) in [5.74, 6) is -1.02. The quantitative estimate of drug-likeness (QED) is 0.523. The zero-order valence-corrected chi connectivity index (χ0v) is 16.1. The first-order valence-electron chi connectivity index (χ1n) is 8.90. The molecule has 7 nitrogen and oxygen atoms in total. The molecule has 0 radical (unpaired) electrons. The average molecular weight is 403 g/mol. The number of nitrogens with one attached hydrogen (secondary N) is 4. The number of amides is 4. The van der Waals surface area contributed by atoms with Crippen LogP contribution in [0, 0.1) is 5.92 Å². The number of alkyl halides is 3. The van der Waals surface area contributed by atoms with Gasteiger partial charge < -0.3 is 15.5 Å². The smallest absolute Gasteiger partial charge is 0.338 e. The molecule has 0 aromatic heterocycles. The lowest BCUT2D eigenvalue weighted by atomic mass is 10.1. The highest BCUT2D eigenvalue weighted by atomic mass is 19.4. The zero-order chi connectivity index (χ0) is 21.3. The van der Waals surface area contributed by atoms with E-state index in [1.807, 2.05) is 13.8 Å². The number of halogens is 3. The molecule has 0 saturated carbocycles. The second kappa shape index (κ2) is 10.6. The highest BCUT2D eigenvalue weighted by Crippen LogP contribution is 2.34. The summed E-state index contributed by atoms with van der Waals surface area (Å²) in [5.41, 5.74) is -1.28. The largest absolute Gasteiger partial charge is 0.418 e. The Balaban J connectivity index is 2.60. The van der Waals surface area contributed by atoms with Crippen molar-refractivity contribution in [3.8, 4) is 0 Å². The highest BCUT2D eigenvalue weighted by molar-refractivity contribution is 5.95. The van der Waals surface area contributed by atoms with Crippen molar-refractivity contribution in [2.45, 2.75) is 26.9 Å². The number of quaternary nitrogens is 1. The van der Waals surface area contributed by atoms with Gasteiger partial charge in [0.15, 0.2) is 13.1 Å². The van der Waals surface area contributed by atoms with E-state index in [9.17, 15) is 27.6 Å². The third-order valence-corrected chi connectivity index (χ3v) is 3.75. The van der Waals surface area contributed by atoms with Crippen molar-refractivity contribution in [3.63, 3.8) is 0 Å². The number of imide groups is 1. The maximum atomic E-state index is 13.0. The second-order valence-electron chi connectivity index (χ2n) is 6.70. The highest BCUT2D eigenvalue weighted by Gasteiger charge is 2.33. The van der Waals surface area contributed by atoms with E-state index in [2.05, 4.69) is 16.0 Å². The summed E-state index contributed by atoms with van der Waals surface area (Å²) in [7, 11) is 0. The zero-order valence-electron chi connectivity index (χ0n) is 16.1. The third kappa shape index (κ3) is 8.38. The Bertz CT molecular complexity index is 693. The van der Waals surface area contributed by atoms with Gasteiger partial charge in [0.1, 0.15) is 0 Å². The summed E-state index contributed by atoms with van der Waals surface area (Å²) in [4.78, 5) is 36.1. The Labute approximate surface area is 161 Å². The summed E-state index contributed by atoms with van der Waals surface area (Å²) in [6.07, 6.45) is -4.59. The molecule has 0 heterocycles.